The largest absolute Gasteiger partial charge is 0.497 e. The Morgan fingerprint density at radius 3 is 2.36 bits per heavy atom. The molecule has 2 amide bonds. The van der Waals surface area contributed by atoms with Crippen molar-refractivity contribution in [1.82, 2.24) is 15.2 Å². The molecule has 0 aliphatic rings. The third kappa shape index (κ3) is 6.76. The number of fused-ring (bicyclic) bond motifs is 1. The van der Waals surface area contributed by atoms with E-state index in [-0.39, 0.29) is 43.7 Å². The number of nitrogens with two attached hydrogens (primary N) is 1. The molecule has 0 saturated carbocycles. The molecule has 11 heteroatoms. The minimum absolute atomic E-state index is 0. The van der Waals surface area contributed by atoms with Gasteiger partial charge in [-0.25, -0.2) is 0 Å². The molecule has 2 aromatic carbocycles. The fraction of sp³-hybridized carbons (Fsp3) is 0.320. The number of ether oxygens (including phenoxy) is 1. The summed E-state index contributed by atoms with van der Waals surface area (Å²) in [6.45, 7) is 3.23. The molecule has 0 fully saturated rings. The highest BCUT2D eigenvalue weighted by molar-refractivity contribution is 6.30. The van der Waals surface area contributed by atoms with Crippen molar-refractivity contribution in [3.8, 4) is 5.75 Å². The van der Waals surface area contributed by atoms with Gasteiger partial charge in [-0.2, -0.15) is 0 Å². The number of rotatable bonds is 9. The molecule has 0 aliphatic carbocycles. The van der Waals surface area contributed by atoms with Gasteiger partial charge in [0.2, 0.25) is 11.8 Å². The highest BCUT2D eigenvalue weighted by Crippen LogP contribution is 2.30. The summed E-state index contributed by atoms with van der Waals surface area (Å²) in [6.07, 6.45) is -0.995. The van der Waals surface area contributed by atoms with E-state index in [0.717, 1.165) is 0 Å². The SMILES string of the molecule is COc1ccc2c(c1)c(CC(=O)NCC(O)CNC(=O)[C@H](C)N)c(C)n2C(=O)c1ccc(Cl)cc1.Cl. The van der Waals surface area contributed by atoms with Gasteiger partial charge in [-0.3, -0.25) is 19.0 Å². The van der Waals surface area contributed by atoms with E-state index >= 15 is 0 Å². The van der Waals surface area contributed by atoms with Crippen LogP contribution in [0.3, 0.4) is 0 Å². The molecule has 3 aromatic rings. The van der Waals surface area contributed by atoms with E-state index in [1.165, 1.54) is 6.92 Å². The molecule has 3 rings (SSSR count). The number of nitrogens with zero attached hydrogens (tertiary/aromatic N) is 1. The number of aliphatic hydroxyl groups excluding tert-OH is 1. The molecule has 36 heavy (non-hydrogen) atoms. The van der Waals surface area contributed by atoms with Gasteiger partial charge in [0.1, 0.15) is 5.75 Å². The van der Waals surface area contributed by atoms with E-state index in [9.17, 15) is 19.5 Å². The van der Waals surface area contributed by atoms with E-state index in [1.807, 2.05) is 0 Å². The molecule has 2 atom stereocenters. The lowest BCUT2D eigenvalue weighted by Crippen LogP contribution is -2.44. The maximum atomic E-state index is 13.3. The smallest absolute Gasteiger partial charge is 0.262 e. The minimum Gasteiger partial charge on any atom is -0.497 e. The van der Waals surface area contributed by atoms with Crippen LogP contribution in [0.15, 0.2) is 42.5 Å². The summed E-state index contributed by atoms with van der Waals surface area (Å²) in [5.41, 5.74) is 7.86. The first-order valence-electron chi connectivity index (χ1n) is 11.1. The maximum absolute atomic E-state index is 13.3. The van der Waals surface area contributed by atoms with E-state index in [0.29, 0.717) is 38.5 Å². The third-order valence-electron chi connectivity index (χ3n) is 5.63. The Kier molecular flexibility index (Phi) is 10.3. The maximum Gasteiger partial charge on any atom is 0.262 e. The fourth-order valence-electron chi connectivity index (χ4n) is 3.70. The van der Waals surface area contributed by atoms with Crippen LogP contribution in [0.2, 0.25) is 5.02 Å². The number of halogens is 2. The first-order chi connectivity index (χ1) is 16.6. The van der Waals surface area contributed by atoms with Crippen LogP contribution in [0.25, 0.3) is 10.9 Å². The van der Waals surface area contributed by atoms with Crippen LogP contribution in [0.4, 0.5) is 0 Å². The van der Waals surface area contributed by atoms with Crippen LogP contribution >= 0.6 is 24.0 Å². The zero-order valence-corrected chi connectivity index (χ0v) is 21.8. The Labute approximate surface area is 220 Å². The predicted octanol–water partition coefficient (Wildman–Crippen LogP) is 2.21. The molecular weight excluding hydrogens is 507 g/mol. The number of hydrogen-bond donors (Lipinski definition) is 4. The summed E-state index contributed by atoms with van der Waals surface area (Å²) in [7, 11) is 1.54. The summed E-state index contributed by atoms with van der Waals surface area (Å²) in [5.74, 6) is -0.388. The van der Waals surface area contributed by atoms with Gasteiger partial charge >= 0.3 is 0 Å². The van der Waals surface area contributed by atoms with Crippen LogP contribution < -0.4 is 21.1 Å². The van der Waals surface area contributed by atoms with Crippen molar-refractivity contribution in [3.63, 3.8) is 0 Å². The van der Waals surface area contributed by atoms with E-state index in [4.69, 9.17) is 22.1 Å². The Morgan fingerprint density at radius 1 is 1.11 bits per heavy atom. The second kappa shape index (κ2) is 12.7. The second-order valence-corrected chi connectivity index (χ2v) is 8.70. The molecule has 1 unspecified atom stereocenters. The Hall–Kier alpha value is -3.11. The molecular formula is C25H30Cl2N4O5. The monoisotopic (exact) mass is 536 g/mol. The molecule has 0 radical (unpaired) electrons. The average molecular weight is 537 g/mol. The molecule has 5 N–H and O–H groups in total. The van der Waals surface area contributed by atoms with Crippen molar-refractivity contribution < 1.29 is 24.2 Å². The third-order valence-corrected chi connectivity index (χ3v) is 5.89. The van der Waals surface area contributed by atoms with E-state index in [1.54, 1.807) is 61.1 Å². The van der Waals surface area contributed by atoms with Gasteiger partial charge in [0.25, 0.3) is 5.91 Å². The minimum atomic E-state index is -0.976. The number of carbonyl (C=O) groups is 3. The van der Waals surface area contributed by atoms with Crippen LogP contribution in [0.5, 0.6) is 5.75 Å². The van der Waals surface area contributed by atoms with Gasteiger partial charge in [0, 0.05) is 34.8 Å². The fourth-order valence-corrected chi connectivity index (χ4v) is 3.83. The number of aliphatic hydroxyl groups is 1. The lowest BCUT2D eigenvalue weighted by atomic mass is 10.1. The number of aromatic nitrogens is 1. The second-order valence-electron chi connectivity index (χ2n) is 8.26. The Balaban J connectivity index is 0.00000456. The molecule has 194 valence electrons. The van der Waals surface area contributed by atoms with Gasteiger partial charge in [-0.05, 0) is 61.9 Å². The first-order valence-corrected chi connectivity index (χ1v) is 11.5. The molecule has 1 aromatic heterocycles. The highest BCUT2D eigenvalue weighted by Gasteiger charge is 2.22. The van der Waals surface area contributed by atoms with Gasteiger partial charge in [0.05, 0.1) is 31.2 Å². The van der Waals surface area contributed by atoms with Crippen LogP contribution in [0, 0.1) is 6.92 Å². The molecule has 0 spiro atoms. The zero-order chi connectivity index (χ0) is 25.7. The lowest BCUT2D eigenvalue weighted by Gasteiger charge is -2.14. The van der Waals surface area contributed by atoms with Crippen molar-refractivity contribution in [2.45, 2.75) is 32.4 Å². The number of benzene rings is 2. The van der Waals surface area contributed by atoms with Crippen LogP contribution in [0.1, 0.15) is 28.5 Å². The summed E-state index contributed by atoms with van der Waals surface area (Å²) < 4.78 is 6.91. The normalized spacial score (nSPS) is 12.4. The first kappa shape index (κ1) is 29.1. The predicted molar refractivity (Wildman–Crippen MR) is 141 cm³/mol. The number of hydrogen-bond acceptors (Lipinski definition) is 6. The Morgan fingerprint density at radius 2 is 1.75 bits per heavy atom. The molecule has 9 nitrogen and oxygen atoms in total. The van der Waals surface area contributed by atoms with Crippen molar-refractivity contribution in [2.24, 2.45) is 5.73 Å². The summed E-state index contributed by atoms with van der Waals surface area (Å²) in [6, 6.07) is 11.2. The lowest BCUT2D eigenvalue weighted by molar-refractivity contribution is -0.122. The number of methoxy groups -OCH3 is 1. The summed E-state index contributed by atoms with van der Waals surface area (Å²) in [4.78, 5) is 37.6. The molecule has 0 bridgehead atoms. The highest BCUT2D eigenvalue weighted by atomic mass is 35.5. The number of carbonyl (C=O) groups excluding carboxylic acids is 3. The standard InChI is InChI=1S/C25H29ClN4O5.ClH/c1-14(27)24(33)29-13-18(31)12-28-23(32)11-20-15(2)30(22-9-8-19(35-3)10-21(20)22)25(34)16-4-6-17(26)7-5-16;/h4-10,14,18,31H,11-13,27H2,1-3H3,(H,28,32)(H,29,33);1H/t14-,18?;/m0./s1. The van der Waals surface area contributed by atoms with Gasteiger partial charge in [-0.15, -0.1) is 12.4 Å². The van der Waals surface area contributed by atoms with Crippen molar-refractivity contribution in [3.05, 3.63) is 64.3 Å². The van der Waals surface area contributed by atoms with Crippen molar-refractivity contribution >= 4 is 52.6 Å². The van der Waals surface area contributed by atoms with Crippen molar-refractivity contribution in [2.75, 3.05) is 20.2 Å². The Bertz CT molecular complexity index is 1240. The van der Waals surface area contributed by atoms with Gasteiger partial charge in [0.15, 0.2) is 0 Å². The van der Waals surface area contributed by atoms with E-state index < -0.39 is 18.1 Å². The quantitative estimate of drug-likeness (QED) is 0.331. The zero-order valence-electron chi connectivity index (χ0n) is 20.2. The van der Waals surface area contributed by atoms with E-state index in [2.05, 4.69) is 10.6 Å². The average Bonchev–Trinajstić information content (AvgIpc) is 3.11. The number of nitrogens with one attached hydrogen (secondary N) is 2. The molecule has 0 saturated heterocycles. The van der Waals surface area contributed by atoms with Gasteiger partial charge < -0.3 is 26.2 Å². The van der Waals surface area contributed by atoms with Crippen molar-refractivity contribution in [1.29, 1.82) is 0 Å². The molecule has 0 aliphatic heterocycles. The summed E-state index contributed by atoms with van der Waals surface area (Å²) in [5, 5.41) is 16.5. The molecule has 1 heterocycles. The van der Waals surface area contributed by atoms with Gasteiger partial charge in [-0.1, -0.05) is 11.6 Å². The summed E-state index contributed by atoms with van der Waals surface area (Å²) >= 11 is 5.96. The topological polar surface area (TPSA) is 136 Å². The van der Waals surface area contributed by atoms with Crippen LogP contribution in [-0.2, 0) is 16.0 Å². The van der Waals surface area contributed by atoms with Crippen LogP contribution in [-0.4, -0.2) is 59.7 Å². The number of amides is 2.